The van der Waals surface area contributed by atoms with E-state index in [1.807, 2.05) is 0 Å². The van der Waals surface area contributed by atoms with Gasteiger partial charge < -0.3 is 4.18 Å². The van der Waals surface area contributed by atoms with Crippen LogP contribution >= 0.6 is 0 Å². The molecule has 8 heteroatoms. The van der Waals surface area contributed by atoms with Crippen LogP contribution in [0.3, 0.4) is 0 Å². The molecule has 1 aromatic carbocycles. The Bertz CT molecular complexity index is 831. The lowest BCUT2D eigenvalue weighted by atomic mass is 9.94. The van der Waals surface area contributed by atoms with Gasteiger partial charge >= 0.3 is 15.6 Å². The number of hydrogen-bond donors (Lipinski definition) is 0. The van der Waals surface area contributed by atoms with Gasteiger partial charge in [-0.05, 0) is 37.8 Å². The molecule has 2 aromatic rings. The van der Waals surface area contributed by atoms with E-state index in [4.69, 9.17) is 0 Å². The molecule has 0 atom stereocenters. The third kappa shape index (κ3) is 2.51. The summed E-state index contributed by atoms with van der Waals surface area (Å²) in [6.45, 7) is 0. The number of pyridine rings is 1. The summed E-state index contributed by atoms with van der Waals surface area (Å²) in [5.74, 6) is -0.238. The van der Waals surface area contributed by atoms with Gasteiger partial charge in [0.15, 0.2) is 5.75 Å². The zero-order valence-electron chi connectivity index (χ0n) is 11.4. The van der Waals surface area contributed by atoms with Crippen molar-refractivity contribution in [3.63, 3.8) is 0 Å². The summed E-state index contributed by atoms with van der Waals surface area (Å²) in [4.78, 5) is 4.41. The summed E-state index contributed by atoms with van der Waals surface area (Å²) in [6, 6.07) is 6.43. The maximum absolute atomic E-state index is 12.6. The molecule has 4 nitrogen and oxygen atoms in total. The minimum atomic E-state index is -5.70. The molecule has 0 aliphatic heterocycles. The van der Waals surface area contributed by atoms with E-state index in [0.29, 0.717) is 29.6 Å². The predicted molar refractivity (Wildman–Crippen MR) is 74.0 cm³/mol. The zero-order valence-corrected chi connectivity index (χ0v) is 12.2. The minimum Gasteiger partial charge on any atom is -0.375 e. The standard InChI is InChI=1S/C14H12F3NO3S/c15-14(16,17)22(19,20)21-13-9-5-1-3-7-11(9)18-12-8-4-2-6-10(12)13/h1,3,5,7H,2,4,6,8H2. The quantitative estimate of drug-likeness (QED) is 0.625. The highest BCUT2D eigenvalue weighted by Gasteiger charge is 2.49. The lowest BCUT2D eigenvalue weighted by Crippen LogP contribution is -2.29. The van der Waals surface area contributed by atoms with E-state index in [2.05, 4.69) is 9.17 Å². The lowest BCUT2D eigenvalue weighted by molar-refractivity contribution is -0.0499. The number of nitrogens with zero attached hydrogens (tertiary/aromatic N) is 1. The summed E-state index contributed by atoms with van der Waals surface area (Å²) < 4.78 is 65.1. The molecule has 0 amide bonds. The molecule has 0 N–H and O–H groups in total. The molecule has 0 unspecified atom stereocenters. The summed E-state index contributed by atoms with van der Waals surface area (Å²) in [7, 11) is -5.70. The molecule has 3 rings (SSSR count). The number of fused-ring (bicyclic) bond motifs is 2. The average molecular weight is 331 g/mol. The highest BCUT2D eigenvalue weighted by molar-refractivity contribution is 7.88. The van der Waals surface area contributed by atoms with Crippen LogP contribution in [0.15, 0.2) is 24.3 Å². The Hall–Kier alpha value is -1.83. The summed E-state index contributed by atoms with van der Waals surface area (Å²) in [6.07, 6.45) is 2.68. The van der Waals surface area contributed by atoms with Crippen LogP contribution in [-0.2, 0) is 23.0 Å². The number of halogens is 3. The van der Waals surface area contributed by atoms with Crippen molar-refractivity contribution in [2.45, 2.75) is 31.2 Å². The number of para-hydroxylation sites is 1. The SMILES string of the molecule is O=S(=O)(Oc1c2c(nc3ccccc13)CCCC2)C(F)(F)F. The maximum Gasteiger partial charge on any atom is 0.534 e. The van der Waals surface area contributed by atoms with Crippen molar-refractivity contribution in [2.24, 2.45) is 0 Å². The van der Waals surface area contributed by atoms with Crippen LogP contribution in [0, 0.1) is 0 Å². The molecule has 1 heterocycles. The topological polar surface area (TPSA) is 56.3 Å². The molecule has 1 aromatic heterocycles. The van der Waals surface area contributed by atoms with E-state index in [-0.39, 0.29) is 11.1 Å². The van der Waals surface area contributed by atoms with Crippen LogP contribution < -0.4 is 4.18 Å². The Labute approximate surface area is 125 Å². The van der Waals surface area contributed by atoms with Crippen LogP contribution in [-0.4, -0.2) is 18.9 Å². The van der Waals surface area contributed by atoms with Crippen molar-refractivity contribution in [1.29, 1.82) is 0 Å². The number of hydrogen-bond acceptors (Lipinski definition) is 4. The fourth-order valence-corrected chi connectivity index (χ4v) is 3.08. The van der Waals surface area contributed by atoms with E-state index in [0.717, 1.165) is 12.8 Å². The first-order valence-electron chi connectivity index (χ1n) is 6.71. The van der Waals surface area contributed by atoms with Gasteiger partial charge in [-0.3, -0.25) is 4.98 Å². The summed E-state index contributed by atoms with van der Waals surface area (Å²) in [5.41, 5.74) is -3.97. The Morgan fingerprint density at radius 1 is 1.09 bits per heavy atom. The molecule has 1 aliphatic carbocycles. The van der Waals surface area contributed by atoms with Gasteiger partial charge in [-0.25, -0.2) is 0 Å². The fourth-order valence-electron chi connectivity index (χ4n) is 2.58. The minimum absolute atomic E-state index is 0.238. The van der Waals surface area contributed by atoms with Crippen molar-refractivity contribution >= 4 is 21.0 Å². The summed E-state index contributed by atoms with van der Waals surface area (Å²) >= 11 is 0. The number of aromatic nitrogens is 1. The monoisotopic (exact) mass is 331 g/mol. The van der Waals surface area contributed by atoms with Gasteiger partial charge in [0.25, 0.3) is 0 Å². The molecule has 0 fully saturated rings. The smallest absolute Gasteiger partial charge is 0.375 e. The normalized spacial score (nSPS) is 15.6. The largest absolute Gasteiger partial charge is 0.534 e. The third-order valence-corrected chi connectivity index (χ3v) is 4.55. The van der Waals surface area contributed by atoms with Crippen LogP contribution in [0.5, 0.6) is 5.75 Å². The van der Waals surface area contributed by atoms with Gasteiger partial charge in [0.05, 0.1) is 5.52 Å². The molecule has 0 bridgehead atoms. The first-order valence-corrected chi connectivity index (χ1v) is 8.12. The first-order chi connectivity index (χ1) is 10.3. The molecule has 1 aliphatic rings. The Kier molecular flexibility index (Phi) is 3.51. The van der Waals surface area contributed by atoms with Gasteiger partial charge in [0.2, 0.25) is 0 Å². The van der Waals surface area contributed by atoms with Crippen molar-refractivity contribution in [3.8, 4) is 5.75 Å². The van der Waals surface area contributed by atoms with Crippen molar-refractivity contribution in [1.82, 2.24) is 4.98 Å². The van der Waals surface area contributed by atoms with Gasteiger partial charge in [-0.1, -0.05) is 12.1 Å². The average Bonchev–Trinajstić information content (AvgIpc) is 2.45. The second-order valence-corrected chi connectivity index (χ2v) is 6.61. The van der Waals surface area contributed by atoms with Crippen molar-refractivity contribution in [2.75, 3.05) is 0 Å². The van der Waals surface area contributed by atoms with Crippen LogP contribution in [0.4, 0.5) is 13.2 Å². The highest BCUT2D eigenvalue weighted by Crippen LogP contribution is 2.38. The molecule has 0 radical (unpaired) electrons. The van der Waals surface area contributed by atoms with E-state index in [1.165, 1.54) is 6.07 Å². The molecular formula is C14H12F3NO3S. The van der Waals surface area contributed by atoms with Crippen LogP contribution in [0.2, 0.25) is 0 Å². The zero-order chi connectivity index (χ0) is 16.0. The predicted octanol–water partition coefficient (Wildman–Crippen LogP) is 3.34. The van der Waals surface area contributed by atoms with Gasteiger partial charge in [-0.15, -0.1) is 0 Å². The van der Waals surface area contributed by atoms with Gasteiger partial charge in [0, 0.05) is 16.6 Å². The number of aryl methyl sites for hydroxylation is 1. The molecule has 0 saturated carbocycles. The Morgan fingerprint density at radius 2 is 1.77 bits per heavy atom. The fraction of sp³-hybridized carbons (Fsp3) is 0.357. The first kappa shape index (κ1) is 15.1. The van der Waals surface area contributed by atoms with E-state index in [1.54, 1.807) is 18.2 Å². The van der Waals surface area contributed by atoms with E-state index in [9.17, 15) is 21.6 Å². The Morgan fingerprint density at radius 3 is 2.50 bits per heavy atom. The lowest BCUT2D eigenvalue weighted by Gasteiger charge is -2.20. The van der Waals surface area contributed by atoms with Crippen LogP contribution in [0.1, 0.15) is 24.1 Å². The van der Waals surface area contributed by atoms with Crippen molar-refractivity contribution < 1.29 is 25.8 Å². The second kappa shape index (κ2) is 5.12. The molecular weight excluding hydrogens is 319 g/mol. The number of alkyl halides is 3. The molecule has 22 heavy (non-hydrogen) atoms. The van der Waals surface area contributed by atoms with Gasteiger partial charge in [0.1, 0.15) is 0 Å². The number of benzene rings is 1. The maximum atomic E-state index is 12.6. The Balaban J connectivity index is 2.23. The van der Waals surface area contributed by atoms with E-state index >= 15 is 0 Å². The second-order valence-electron chi connectivity index (χ2n) is 5.07. The van der Waals surface area contributed by atoms with Crippen LogP contribution in [0.25, 0.3) is 10.9 Å². The highest BCUT2D eigenvalue weighted by atomic mass is 32.2. The van der Waals surface area contributed by atoms with E-state index < -0.39 is 15.6 Å². The summed E-state index contributed by atoms with van der Waals surface area (Å²) in [5, 5.41) is 0.274. The molecule has 0 spiro atoms. The molecule has 0 saturated heterocycles. The van der Waals surface area contributed by atoms with Gasteiger partial charge in [-0.2, -0.15) is 21.6 Å². The molecule has 118 valence electrons. The third-order valence-electron chi connectivity index (χ3n) is 3.59. The number of rotatable bonds is 2. The van der Waals surface area contributed by atoms with Crippen molar-refractivity contribution in [3.05, 3.63) is 35.5 Å².